The SMILES string of the molecule is COc1ccc([C@@H]2C(=C(O)c3cc(F)ccc3OC)C(=O)C(=O)N2CCN(C)C)cc1. The van der Waals surface area contributed by atoms with Gasteiger partial charge in [-0.05, 0) is 50.0 Å². The molecule has 2 aromatic carbocycles. The monoisotopic (exact) mass is 428 g/mol. The average molecular weight is 428 g/mol. The molecule has 8 heteroatoms. The zero-order valence-electron chi connectivity index (χ0n) is 17.9. The van der Waals surface area contributed by atoms with Gasteiger partial charge in [0, 0.05) is 13.1 Å². The molecule has 0 unspecified atom stereocenters. The van der Waals surface area contributed by atoms with E-state index in [4.69, 9.17) is 9.47 Å². The Morgan fingerprint density at radius 2 is 1.77 bits per heavy atom. The first-order valence-electron chi connectivity index (χ1n) is 9.69. The zero-order valence-corrected chi connectivity index (χ0v) is 17.9. The van der Waals surface area contributed by atoms with Gasteiger partial charge in [0.05, 0.1) is 31.4 Å². The average Bonchev–Trinajstić information content (AvgIpc) is 3.01. The number of halogens is 1. The van der Waals surface area contributed by atoms with Crippen LogP contribution in [0.2, 0.25) is 0 Å². The Kier molecular flexibility index (Phi) is 6.60. The van der Waals surface area contributed by atoms with Crippen LogP contribution in [0.5, 0.6) is 11.5 Å². The summed E-state index contributed by atoms with van der Waals surface area (Å²) >= 11 is 0. The van der Waals surface area contributed by atoms with Gasteiger partial charge in [-0.1, -0.05) is 12.1 Å². The summed E-state index contributed by atoms with van der Waals surface area (Å²) in [6, 6.07) is 9.67. The van der Waals surface area contributed by atoms with E-state index in [9.17, 15) is 19.1 Å². The van der Waals surface area contributed by atoms with Gasteiger partial charge in [0.2, 0.25) is 0 Å². The number of amides is 1. The normalized spacial score (nSPS) is 18.0. The molecule has 1 fully saturated rings. The molecule has 3 rings (SSSR count). The number of ketones is 1. The molecular weight excluding hydrogens is 403 g/mol. The van der Waals surface area contributed by atoms with Crippen molar-refractivity contribution in [3.8, 4) is 11.5 Å². The number of Topliss-reactive ketones (excluding diaryl/α,β-unsaturated/α-hetero) is 1. The van der Waals surface area contributed by atoms with Gasteiger partial charge in [-0.3, -0.25) is 9.59 Å². The van der Waals surface area contributed by atoms with Crippen molar-refractivity contribution in [2.45, 2.75) is 6.04 Å². The maximum absolute atomic E-state index is 13.9. The topological polar surface area (TPSA) is 79.3 Å². The van der Waals surface area contributed by atoms with Crippen molar-refractivity contribution in [2.75, 3.05) is 41.4 Å². The summed E-state index contributed by atoms with van der Waals surface area (Å²) in [5.74, 6) is -1.84. The number of carbonyl (C=O) groups excluding carboxylic acids is 2. The van der Waals surface area contributed by atoms with Crippen molar-refractivity contribution in [2.24, 2.45) is 0 Å². The van der Waals surface area contributed by atoms with E-state index in [1.807, 2.05) is 19.0 Å². The van der Waals surface area contributed by atoms with Crippen LogP contribution in [-0.2, 0) is 9.59 Å². The number of hydrogen-bond acceptors (Lipinski definition) is 6. The van der Waals surface area contributed by atoms with Crippen molar-refractivity contribution in [3.63, 3.8) is 0 Å². The molecule has 1 N–H and O–H groups in total. The molecule has 1 amide bonds. The van der Waals surface area contributed by atoms with Gasteiger partial charge in [0.25, 0.3) is 11.7 Å². The smallest absolute Gasteiger partial charge is 0.295 e. The predicted molar refractivity (Wildman–Crippen MR) is 114 cm³/mol. The number of aliphatic hydroxyl groups excluding tert-OH is 1. The Balaban J connectivity index is 2.19. The third-order valence-corrected chi connectivity index (χ3v) is 5.18. The lowest BCUT2D eigenvalue weighted by Crippen LogP contribution is -2.35. The van der Waals surface area contributed by atoms with Crippen LogP contribution < -0.4 is 9.47 Å². The first kappa shape index (κ1) is 22.3. The van der Waals surface area contributed by atoms with Crippen LogP contribution in [0.4, 0.5) is 4.39 Å². The number of likely N-dealkylation sites (tertiary alicyclic amines) is 1. The number of hydrogen-bond donors (Lipinski definition) is 1. The summed E-state index contributed by atoms with van der Waals surface area (Å²) < 4.78 is 24.3. The van der Waals surface area contributed by atoms with Crippen LogP contribution in [-0.4, -0.2) is 68.0 Å². The highest BCUT2D eigenvalue weighted by molar-refractivity contribution is 6.46. The number of benzene rings is 2. The molecular formula is C23H25FN2O5. The molecule has 0 aromatic heterocycles. The van der Waals surface area contributed by atoms with Gasteiger partial charge >= 0.3 is 0 Å². The summed E-state index contributed by atoms with van der Waals surface area (Å²) in [6.45, 7) is 0.786. The maximum Gasteiger partial charge on any atom is 0.295 e. The Bertz CT molecular complexity index is 1020. The Hall–Kier alpha value is -3.39. The minimum atomic E-state index is -0.834. The van der Waals surface area contributed by atoms with E-state index in [-0.39, 0.29) is 23.4 Å². The minimum absolute atomic E-state index is 0.00613. The van der Waals surface area contributed by atoms with Crippen LogP contribution in [0.25, 0.3) is 5.76 Å². The number of methoxy groups -OCH3 is 2. The number of ether oxygens (including phenoxy) is 2. The summed E-state index contributed by atoms with van der Waals surface area (Å²) in [5.41, 5.74) is 0.514. The second-order valence-electron chi connectivity index (χ2n) is 7.41. The van der Waals surface area contributed by atoms with E-state index < -0.39 is 29.3 Å². The minimum Gasteiger partial charge on any atom is -0.507 e. The first-order valence-corrected chi connectivity index (χ1v) is 9.69. The number of aliphatic hydroxyl groups is 1. The highest BCUT2D eigenvalue weighted by Gasteiger charge is 2.46. The van der Waals surface area contributed by atoms with E-state index in [1.54, 1.807) is 24.3 Å². The van der Waals surface area contributed by atoms with Crippen molar-refractivity contribution in [3.05, 3.63) is 65.0 Å². The quantitative estimate of drug-likeness (QED) is 0.415. The molecule has 1 atom stereocenters. The van der Waals surface area contributed by atoms with Gasteiger partial charge in [-0.2, -0.15) is 0 Å². The van der Waals surface area contributed by atoms with E-state index >= 15 is 0 Å². The van der Waals surface area contributed by atoms with Crippen molar-refractivity contribution in [1.82, 2.24) is 9.80 Å². The summed E-state index contributed by atoms with van der Waals surface area (Å²) in [6.07, 6.45) is 0. The second-order valence-corrected chi connectivity index (χ2v) is 7.41. The molecule has 0 aliphatic carbocycles. The highest BCUT2D eigenvalue weighted by Crippen LogP contribution is 2.41. The third-order valence-electron chi connectivity index (χ3n) is 5.18. The fourth-order valence-corrected chi connectivity index (χ4v) is 3.56. The molecule has 0 radical (unpaired) electrons. The lowest BCUT2D eigenvalue weighted by Gasteiger charge is -2.26. The lowest BCUT2D eigenvalue weighted by atomic mass is 9.95. The number of carbonyl (C=O) groups is 2. The van der Waals surface area contributed by atoms with Crippen LogP contribution in [0.15, 0.2) is 48.0 Å². The Morgan fingerprint density at radius 1 is 1.10 bits per heavy atom. The van der Waals surface area contributed by atoms with Gasteiger partial charge in [-0.15, -0.1) is 0 Å². The molecule has 1 aliphatic rings. The van der Waals surface area contributed by atoms with Crippen molar-refractivity contribution in [1.29, 1.82) is 0 Å². The van der Waals surface area contributed by atoms with E-state index in [2.05, 4.69) is 0 Å². The standard InChI is InChI=1S/C23H25FN2O5/c1-25(2)11-12-26-20(14-5-8-16(30-3)9-6-14)19(22(28)23(26)29)21(27)17-13-15(24)7-10-18(17)31-4/h5-10,13,20,27H,11-12H2,1-4H3/t20-/m1/s1. The molecule has 1 saturated heterocycles. The fourth-order valence-electron chi connectivity index (χ4n) is 3.56. The van der Waals surface area contributed by atoms with Gasteiger partial charge in [0.15, 0.2) is 0 Å². The molecule has 7 nitrogen and oxygen atoms in total. The Morgan fingerprint density at radius 3 is 2.35 bits per heavy atom. The predicted octanol–water partition coefficient (Wildman–Crippen LogP) is 2.83. The third kappa shape index (κ3) is 4.39. The van der Waals surface area contributed by atoms with Gasteiger partial charge in [-0.25, -0.2) is 4.39 Å². The lowest BCUT2D eigenvalue weighted by molar-refractivity contribution is -0.140. The molecule has 0 bridgehead atoms. The summed E-state index contributed by atoms with van der Waals surface area (Å²) in [4.78, 5) is 29.2. The summed E-state index contributed by atoms with van der Waals surface area (Å²) in [7, 11) is 6.63. The largest absolute Gasteiger partial charge is 0.507 e. The Labute approximate surface area is 180 Å². The molecule has 0 spiro atoms. The molecule has 1 heterocycles. The van der Waals surface area contributed by atoms with Crippen LogP contribution in [0.3, 0.4) is 0 Å². The second kappa shape index (κ2) is 9.18. The zero-order chi connectivity index (χ0) is 22.7. The maximum atomic E-state index is 13.9. The number of likely N-dealkylation sites (N-methyl/N-ethyl adjacent to an activating group) is 1. The molecule has 0 saturated carbocycles. The fraction of sp³-hybridized carbons (Fsp3) is 0.304. The summed E-state index contributed by atoms with van der Waals surface area (Å²) in [5, 5.41) is 11.1. The van der Waals surface area contributed by atoms with Crippen molar-refractivity contribution >= 4 is 17.4 Å². The molecule has 1 aliphatic heterocycles. The van der Waals surface area contributed by atoms with E-state index in [1.165, 1.54) is 31.3 Å². The van der Waals surface area contributed by atoms with Gasteiger partial charge in [0.1, 0.15) is 23.1 Å². The number of nitrogens with zero attached hydrogens (tertiary/aromatic N) is 2. The van der Waals surface area contributed by atoms with Crippen LogP contribution in [0, 0.1) is 5.82 Å². The van der Waals surface area contributed by atoms with E-state index in [0.29, 0.717) is 17.9 Å². The highest BCUT2D eigenvalue weighted by atomic mass is 19.1. The number of rotatable bonds is 7. The van der Waals surface area contributed by atoms with Gasteiger partial charge < -0.3 is 24.4 Å². The van der Waals surface area contributed by atoms with E-state index in [0.717, 1.165) is 6.07 Å². The first-order chi connectivity index (χ1) is 14.8. The molecule has 164 valence electrons. The van der Waals surface area contributed by atoms with Crippen molar-refractivity contribution < 1.29 is 28.6 Å². The molecule has 2 aromatic rings. The van der Waals surface area contributed by atoms with Crippen LogP contribution >= 0.6 is 0 Å². The van der Waals surface area contributed by atoms with Crippen LogP contribution in [0.1, 0.15) is 17.2 Å². The molecule has 31 heavy (non-hydrogen) atoms.